The molecule has 1 aliphatic rings. The molecule has 0 amide bonds. The fourth-order valence-corrected chi connectivity index (χ4v) is 4.77. The molecule has 0 aliphatic carbocycles. The van der Waals surface area contributed by atoms with Gasteiger partial charge in [-0.25, -0.2) is 13.5 Å². The molecule has 3 N–H and O–H groups in total. The van der Waals surface area contributed by atoms with Crippen LogP contribution in [-0.4, -0.2) is 13.1 Å². The molecule has 0 spiro atoms. The molecule has 1 heterocycles. The van der Waals surface area contributed by atoms with Crippen molar-refractivity contribution in [3.05, 3.63) is 112 Å². The van der Waals surface area contributed by atoms with Crippen LogP contribution in [0.15, 0.2) is 89.5 Å². The third kappa shape index (κ3) is 4.98. The molecule has 3 nitrogen and oxygen atoms in total. The molecule has 0 bridgehead atoms. The molecule has 0 saturated carbocycles. The number of halogens is 2. The number of fused-ring (bicyclic) bond motifs is 1. The Labute approximate surface area is 183 Å². The molecular formula is C25H23F2N3S. The summed E-state index contributed by atoms with van der Waals surface area (Å²) < 4.78 is 39.0. The Balaban J connectivity index is 1.64. The van der Waals surface area contributed by atoms with Crippen LogP contribution in [0.5, 0.6) is 0 Å². The molecule has 0 fully saturated rings. The zero-order valence-corrected chi connectivity index (χ0v) is 17.8. The third-order valence-electron chi connectivity index (χ3n) is 5.09. The van der Waals surface area contributed by atoms with Gasteiger partial charge in [0.2, 0.25) is 0 Å². The molecule has 158 valence electrons. The van der Waals surface area contributed by atoms with E-state index in [1.165, 1.54) is 28.5 Å². The van der Waals surface area contributed by atoms with E-state index in [2.05, 4.69) is 40.4 Å². The molecule has 6 heteroatoms. The van der Waals surface area contributed by atoms with Crippen molar-refractivity contribution in [3.8, 4) is 0 Å². The zero-order valence-electron chi connectivity index (χ0n) is 17.0. The average Bonchev–Trinajstić information content (AvgIpc) is 2.90. The van der Waals surface area contributed by atoms with E-state index in [1.807, 2.05) is 24.3 Å². The van der Waals surface area contributed by atoms with Crippen LogP contribution in [-0.2, 0) is 17.3 Å². The van der Waals surface area contributed by atoms with Crippen LogP contribution in [0.1, 0.15) is 11.1 Å². The van der Waals surface area contributed by atoms with Gasteiger partial charge >= 0.3 is 0 Å². The Morgan fingerprint density at radius 1 is 1.03 bits per heavy atom. The van der Waals surface area contributed by atoms with Crippen LogP contribution in [0.2, 0.25) is 0 Å². The van der Waals surface area contributed by atoms with E-state index >= 15 is 0 Å². The van der Waals surface area contributed by atoms with Gasteiger partial charge in [0.05, 0.1) is 4.91 Å². The maximum atomic E-state index is 13.7. The van der Waals surface area contributed by atoms with Gasteiger partial charge in [-0.15, -0.1) is 0 Å². The van der Waals surface area contributed by atoms with Crippen LogP contribution in [0, 0.1) is 16.4 Å². The SMILES string of the molecule is CNC=C1/C(=C/c2ccc(F)c(F)c2)C=CC(Cc2ccc3ccccc3c2)NS1=N. The van der Waals surface area contributed by atoms with Gasteiger partial charge in [-0.2, -0.15) is 0 Å². The Kier molecular flexibility index (Phi) is 6.39. The molecule has 2 atom stereocenters. The maximum absolute atomic E-state index is 13.7. The van der Waals surface area contributed by atoms with Crippen LogP contribution in [0.25, 0.3) is 16.8 Å². The number of rotatable bonds is 4. The third-order valence-corrected chi connectivity index (χ3v) is 6.42. The van der Waals surface area contributed by atoms with E-state index < -0.39 is 22.5 Å². The number of hydrogen-bond acceptors (Lipinski definition) is 2. The van der Waals surface area contributed by atoms with E-state index in [1.54, 1.807) is 19.3 Å². The number of allylic oxidation sites excluding steroid dienone is 2. The summed E-state index contributed by atoms with van der Waals surface area (Å²) in [6.45, 7) is 0. The first-order valence-corrected chi connectivity index (χ1v) is 11.2. The highest BCUT2D eigenvalue weighted by molar-refractivity contribution is 7.88. The van der Waals surface area contributed by atoms with Crippen molar-refractivity contribution >= 4 is 27.7 Å². The Morgan fingerprint density at radius 2 is 1.84 bits per heavy atom. The maximum Gasteiger partial charge on any atom is 0.159 e. The van der Waals surface area contributed by atoms with Gasteiger partial charge in [-0.05, 0) is 63.0 Å². The summed E-state index contributed by atoms with van der Waals surface area (Å²) in [5, 5.41) is 5.39. The second kappa shape index (κ2) is 9.37. The summed E-state index contributed by atoms with van der Waals surface area (Å²) in [6, 6.07) is 18.4. The lowest BCUT2D eigenvalue weighted by Gasteiger charge is -2.16. The van der Waals surface area contributed by atoms with Gasteiger partial charge in [0.1, 0.15) is 0 Å². The second-order valence-electron chi connectivity index (χ2n) is 7.35. The lowest BCUT2D eigenvalue weighted by Crippen LogP contribution is -2.30. The van der Waals surface area contributed by atoms with E-state index in [0.717, 1.165) is 23.0 Å². The van der Waals surface area contributed by atoms with Crippen LogP contribution < -0.4 is 10.0 Å². The second-order valence-corrected chi connectivity index (χ2v) is 8.63. The zero-order chi connectivity index (χ0) is 21.8. The first-order valence-electron chi connectivity index (χ1n) is 9.95. The van der Waals surface area contributed by atoms with Crippen LogP contribution in [0.4, 0.5) is 8.78 Å². The van der Waals surface area contributed by atoms with Gasteiger partial charge < -0.3 is 5.32 Å². The summed E-state index contributed by atoms with van der Waals surface area (Å²) >= 11 is 0. The lowest BCUT2D eigenvalue weighted by molar-refractivity contribution is 0.508. The summed E-state index contributed by atoms with van der Waals surface area (Å²) in [4.78, 5) is 0.754. The predicted octanol–water partition coefficient (Wildman–Crippen LogP) is 5.63. The fraction of sp³-hybridized carbons (Fsp3) is 0.120. The lowest BCUT2D eigenvalue weighted by atomic mass is 10.0. The molecule has 2 unspecified atom stereocenters. The van der Waals surface area contributed by atoms with Crippen molar-refractivity contribution in [2.24, 2.45) is 0 Å². The van der Waals surface area contributed by atoms with Crippen molar-refractivity contribution in [3.63, 3.8) is 0 Å². The molecule has 0 radical (unpaired) electrons. The van der Waals surface area contributed by atoms with E-state index in [0.29, 0.717) is 5.56 Å². The van der Waals surface area contributed by atoms with Crippen LogP contribution in [0.3, 0.4) is 0 Å². The smallest absolute Gasteiger partial charge is 0.159 e. The summed E-state index contributed by atoms with van der Waals surface area (Å²) in [5.41, 5.74) is 2.52. The Bertz CT molecular complexity index is 1230. The van der Waals surface area contributed by atoms with Crippen molar-refractivity contribution in [1.82, 2.24) is 10.0 Å². The summed E-state index contributed by atoms with van der Waals surface area (Å²) in [5.74, 6) is -1.76. The first-order chi connectivity index (χ1) is 15.0. The molecule has 31 heavy (non-hydrogen) atoms. The standard InChI is InChI=1S/C25H23F2N3S/c1-29-16-25-21(13-18-7-11-23(26)24(27)15-18)9-10-22(30-31(25)28)14-17-6-8-19-4-2-3-5-20(19)12-17/h2-13,15-16,22,29H,14H2,1H3,(H2,28,30)/b21-13+,25-16?. The molecular weight excluding hydrogens is 412 g/mol. The fourth-order valence-electron chi connectivity index (χ4n) is 3.58. The molecule has 0 aromatic heterocycles. The molecule has 3 aromatic carbocycles. The number of nitrogens with one attached hydrogen (secondary N) is 3. The van der Waals surface area contributed by atoms with E-state index in [9.17, 15) is 8.78 Å². The summed E-state index contributed by atoms with van der Waals surface area (Å²) in [6.07, 6.45) is 8.28. The highest BCUT2D eigenvalue weighted by Crippen LogP contribution is 2.24. The van der Waals surface area contributed by atoms with Crippen molar-refractivity contribution in [2.45, 2.75) is 12.5 Å². The van der Waals surface area contributed by atoms with E-state index in [-0.39, 0.29) is 6.04 Å². The predicted molar refractivity (Wildman–Crippen MR) is 125 cm³/mol. The summed E-state index contributed by atoms with van der Waals surface area (Å²) in [7, 11) is 0.789. The average molecular weight is 436 g/mol. The number of hydrogen-bond donors (Lipinski definition) is 3. The van der Waals surface area contributed by atoms with Crippen molar-refractivity contribution < 1.29 is 8.78 Å². The van der Waals surface area contributed by atoms with Gasteiger partial charge in [-0.1, -0.05) is 60.7 Å². The topological polar surface area (TPSA) is 47.9 Å². The normalized spacial score (nSPS) is 21.5. The first kappa shape index (κ1) is 21.2. The largest absolute Gasteiger partial charge is 0.393 e. The highest BCUT2D eigenvalue weighted by atomic mass is 32.2. The minimum absolute atomic E-state index is 0.0295. The monoisotopic (exact) mass is 435 g/mol. The molecule has 1 aliphatic heterocycles. The Hall–Kier alpha value is -3.09. The van der Waals surface area contributed by atoms with Gasteiger partial charge in [0.15, 0.2) is 11.6 Å². The highest BCUT2D eigenvalue weighted by Gasteiger charge is 2.18. The Morgan fingerprint density at radius 3 is 2.61 bits per heavy atom. The minimum atomic E-state index is -0.990. The van der Waals surface area contributed by atoms with Crippen molar-refractivity contribution in [2.75, 3.05) is 7.05 Å². The minimum Gasteiger partial charge on any atom is -0.393 e. The van der Waals surface area contributed by atoms with Gasteiger partial charge in [-0.3, -0.25) is 4.78 Å². The van der Waals surface area contributed by atoms with E-state index in [4.69, 9.17) is 4.78 Å². The molecule has 4 rings (SSSR count). The van der Waals surface area contributed by atoms with Gasteiger partial charge in [0.25, 0.3) is 0 Å². The van der Waals surface area contributed by atoms with Crippen LogP contribution >= 0.6 is 0 Å². The molecule has 0 saturated heterocycles. The quantitative estimate of drug-likeness (QED) is 0.498. The van der Waals surface area contributed by atoms with Crippen molar-refractivity contribution in [1.29, 1.82) is 4.78 Å². The number of benzene rings is 3. The van der Waals surface area contributed by atoms with Gasteiger partial charge in [0, 0.05) is 19.3 Å². The molecule has 3 aromatic rings.